The van der Waals surface area contributed by atoms with Crippen LogP contribution in [0.2, 0.25) is 0 Å². The standard InChI is InChI=1S/C28H40BrN3O5/c1-26(2,3)15-27(4,5)31-24(35)22-28-13-18(29)21(37-28)19(23(34)30-6)20(28)25(36)32(22)17(14-33)12-16-10-8-7-9-11-16/h7-11,17-22,33H,12-15H2,1-6H3,(H,30,34)(H,31,35)/t17-,18?,19-,20+,21-,22?,28?/m1/s1. The highest BCUT2D eigenvalue weighted by Gasteiger charge is 2.77. The molecule has 0 aromatic heterocycles. The minimum atomic E-state index is -1.15. The number of hydrogen-bond acceptors (Lipinski definition) is 5. The fourth-order valence-electron chi connectivity index (χ4n) is 7.14. The van der Waals surface area contributed by atoms with Crippen LogP contribution in [0.5, 0.6) is 0 Å². The highest BCUT2D eigenvalue weighted by molar-refractivity contribution is 9.09. The van der Waals surface area contributed by atoms with Crippen molar-refractivity contribution in [3.63, 3.8) is 0 Å². The summed E-state index contributed by atoms with van der Waals surface area (Å²) in [4.78, 5) is 42.7. The van der Waals surface area contributed by atoms with Crippen LogP contribution in [0.1, 0.15) is 53.0 Å². The summed E-state index contributed by atoms with van der Waals surface area (Å²) in [5.74, 6) is -2.40. The summed E-state index contributed by atoms with van der Waals surface area (Å²) >= 11 is 3.67. The number of carbonyl (C=O) groups excluding carboxylic acids is 3. The topological polar surface area (TPSA) is 108 Å². The van der Waals surface area contributed by atoms with Crippen molar-refractivity contribution in [1.82, 2.24) is 15.5 Å². The van der Waals surface area contributed by atoms with Gasteiger partial charge in [0.05, 0.1) is 30.6 Å². The van der Waals surface area contributed by atoms with Crippen molar-refractivity contribution in [2.75, 3.05) is 13.7 Å². The number of hydrogen-bond donors (Lipinski definition) is 3. The molecule has 3 fully saturated rings. The molecule has 3 N–H and O–H groups in total. The molecular formula is C28H40BrN3O5. The first-order valence-corrected chi connectivity index (χ1v) is 14.0. The van der Waals surface area contributed by atoms with Gasteiger partial charge in [0.15, 0.2) is 0 Å². The molecule has 2 bridgehead atoms. The second-order valence-electron chi connectivity index (χ2n) is 12.7. The molecule has 3 aliphatic rings. The summed E-state index contributed by atoms with van der Waals surface area (Å²) in [6, 6.07) is 7.99. The van der Waals surface area contributed by atoms with Crippen molar-refractivity contribution in [2.45, 2.75) is 88.0 Å². The van der Waals surface area contributed by atoms with Crippen LogP contribution in [0.4, 0.5) is 0 Å². The molecule has 1 aromatic rings. The molecule has 0 aliphatic carbocycles. The average Bonchev–Trinajstić information content (AvgIpc) is 3.39. The SMILES string of the molecule is CNC(=O)[C@H]1[C@@H]2OC3(CC2Br)C(C(=O)NC(C)(C)CC(C)(C)C)N([C@@H](CO)Cc2ccccc2)C(=O)[C@H]13. The molecule has 3 aliphatic heterocycles. The third kappa shape index (κ3) is 5.06. The van der Waals surface area contributed by atoms with Gasteiger partial charge in [-0.1, -0.05) is 67.0 Å². The molecule has 37 heavy (non-hydrogen) atoms. The van der Waals surface area contributed by atoms with Crippen LogP contribution < -0.4 is 10.6 Å². The van der Waals surface area contributed by atoms with E-state index < -0.39 is 41.2 Å². The fourth-order valence-corrected chi connectivity index (χ4v) is 8.08. The molecule has 9 heteroatoms. The molecule has 0 saturated carbocycles. The average molecular weight is 579 g/mol. The first-order valence-electron chi connectivity index (χ1n) is 13.1. The van der Waals surface area contributed by atoms with Crippen LogP contribution >= 0.6 is 15.9 Å². The maximum Gasteiger partial charge on any atom is 0.246 e. The maximum atomic E-state index is 14.2. The lowest BCUT2D eigenvalue weighted by molar-refractivity contribution is -0.146. The smallest absolute Gasteiger partial charge is 0.246 e. The van der Waals surface area contributed by atoms with Crippen LogP contribution in [0, 0.1) is 17.3 Å². The van der Waals surface area contributed by atoms with E-state index in [1.54, 1.807) is 7.05 Å². The monoisotopic (exact) mass is 577 g/mol. The number of nitrogens with one attached hydrogen (secondary N) is 2. The summed E-state index contributed by atoms with van der Waals surface area (Å²) in [5, 5.41) is 16.4. The van der Waals surface area contributed by atoms with Gasteiger partial charge in [-0.25, -0.2) is 0 Å². The highest BCUT2D eigenvalue weighted by atomic mass is 79.9. The molecule has 204 valence electrons. The Morgan fingerprint density at radius 1 is 1.19 bits per heavy atom. The first kappa shape index (κ1) is 28.0. The Morgan fingerprint density at radius 2 is 1.84 bits per heavy atom. The zero-order chi connectivity index (χ0) is 27.3. The number of carbonyl (C=O) groups is 3. The maximum absolute atomic E-state index is 14.2. The molecular weight excluding hydrogens is 538 g/mol. The lowest BCUT2D eigenvalue weighted by Gasteiger charge is -2.40. The molecule has 3 saturated heterocycles. The third-order valence-electron chi connectivity index (χ3n) is 7.88. The van der Waals surface area contributed by atoms with Crippen LogP contribution in [-0.2, 0) is 25.5 Å². The molecule has 1 spiro atoms. The van der Waals surface area contributed by atoms with Gasteiger partial charge in [-0.15, -0.1) is 0 Å². The van der Waals surface area contributed by atoms with Gasteiger partial charge in [-0.05, 0) is 44.1 Å². The Morgan fingerprint density at radius 3 is 2.41 bits per heavy atom. The number of amides is 3. The Hall–Kier alpha value is -1.97. The van der Waals surface area contributed by atoms with Crippen molar-refractivity contribution < 1.29 is 24.2 Å². The van der Waals surface area contributed by atoms with Crippen molar-refractivity contribution in [2.24, 2.45) is 17.3 Å². The van der Waals surface area contributed by atoms with E-state index in [0.717, 1.165) is 12.0 Å². The number of benzene rings is 1. The van der Waals surface area contributed by atoms with Crippen LogP contribution in [0.15, 0.2) is 30.3 Å². The Bertz CT molecular complexity index is 1040. The summed E-state index contributed by atoms with van der Waals surface area (Å²) in [6.45, 7) is 10.0. The molecule has 3 amide bonds. The van der Waals surface area contributed by atoms with Crippen LogP contribution in [-0.4, -0.2) is 75.5 Å². The number of alkyl halides is 1. The van der Waals surface area contributed by atoms with E-state index in [0.29, 0.717) is 12.8 Å². The summed E-state index contributed by atoms with van der Waals surface area (Å²) in [5.41, 5.74) is -0.781. The summed E-state index contributed by atoms with van der Waals surface area (Å²) in [7, 11) is 1.55. The van der Waals surface area contributed by atoms with E-state index in [-0.39, 0.29) is 34.6 Å². The number of aliphatic hydroxyl groups excluding tert-OH is 1. The molecule has 8 nitrogen and oxygen atoms in total. The second kappa shape index (κ2) is 9.97. The van der Waals surface area contributed by atoms with Gasteiger partial charge in [0.25, 0.3) is 0 Å². The predicted octanol–water partition coefficient (Wildman–Crippen LogP) is 2.42. The molecule has 3 unspecified atom stereocenters. The number of likely N-dealkylation sites (tertiary alicyclic amines) is 1. The van der Waals surface area contributed by atoms with Crippen molar-refractivity contribution in [1.29, 1.82) is 0 Å². The molecule has 1 aromatic carbocycles. The van der Waals surface area contributed by atoms with Gasteiger partial charge in [0.1, 0.15) is 11.6 Å². The van der Waals surface area contributed by atoms with Gasteiger partial charge in [0, 0.05) is 17.4 Å². The lowest BCUT2D eigenvalue weighted by Crippen LogP contribution is -2.61. The number of halogens is 1. The quantitative estimate of drug-likeness (QED) is 0.411. The normalized spacial score (nSPS) is 31.8. The minimum Gasteiger partial charge on any atom is -0.394 e. The van der Waals surface area contributed by atoms with Crippen LogP contribution in [0.3, 0.4) is 0 Å². The summed E-state index contributed by atoms with van der Waals surface area (Å²) < 4.78 is 6.51. The van der Waals surface area contributed by atoms with Gasteiger partial charge in [-0.2, -0.15) is 0 Å². The molecule has 7 atom stereocenters. The number of fused-ring (bicyclic) bond motifs is 1. The number of ether oxygens (including phenoxy) is 1. The van der Waals surface area contributed by atoms with Gasteiger partial charge in [-0.3, -0.25) is 14.4 Å². The Labute approximate surface area is 228 Å². The molecule has 0 radical (unpaired) electrons. The van der Waals surface area contributed by atoms with E-state index in [2.05, 4.69) is 47.3 Å². The lowest BCUT2D eigenvalue weighted by atomic mass is 9.70. The largest absolute Gasteiger partial charge is 0.394 e. The Balaban J connectivity index is 1.76. The minimum absolute atomic E-state index is 0.0305. The van der Waals surface area contributed by atoms with E-state index in [1.165, 1.54) is 4.90 Å². The molecule has 3 heterocycles. The van der Waals surface area contributed by atoms with E-state index in [9.17, 15) is 19.5 Å². The number of rotatable bonds is 8. The number of aliphatic hydroxyl groups is 1. The van der Waals surface area contributed by atoms with E-state index in [4.69, 9.17) is 4.74 Å². The zero-order valence-corrected chi connectivity index (χ0v) is 24.2. The van der Waals surface area contributed by atoms with Gasteiger partial charge >= 0.3 is 0 Å². The van der Waals surface area contributed by atoms with Crippen molar-refractivity contribution >= 4 is 33.7 Å². The second-order valence-corrected chi connectivity index (χ2v) is 13.8. The Kier molecular flexibility index (Phi) is 7.56. The van der Waals surface area contributed by atoms with Gasteiger partial charge < -0.3 is 25.4 Å². The number of nitrogens with zero attached hydrogens (tertiary/aromatic N) is 1. The predicted molar refractivity (Wildman–Crippen MR) is 144 cm³/mol. The van der Waals surface area contributed by atoms with Gasteiger partial charge in [0.2, 0.25) is 17.7 Å². The molecule has 4 rings (SSSR count). The van der Waals surface area contributed by atoms with Crippen molar-refractivity contribution in [3.8, 4) is 0 Å². The van der Waals surface area contributed by atoms with Crippen LogP contribution in [0.25, 0.3) is 0 Å². The highest BCUT2D eigenvalue weighted by Crippen LogP contribution is 2.60. The third-order valence-corrected chi connectivity index (χ3v) is 8.72. The van der Waals surface area contributed by atoms with E-state index in [1.807, 2.05) is 44.2 Å². The zero-order valence-electron chi connectivity index (χ0n) is 22.6. The van der Waals surface area contributed by atoms with Crippen molar-refractivity contribution in [3.05, 3.63) is 35.9 Å². The van der Waals surface area contributed by atoms with E-state index >= 15 is 0 Å². The fraction of sp³-hybridized carbons (Fsp3) is 0.679. The summed E-state index contributed by atoms with van der Waals surface area (Å²) in [6.07, 6.45) is 1.03. The first-order chi connectivity index (χ1) is 17.2.